The molecule has 32 heavy (non-hydrogen) atoms. The lowest BCUT2D eigenvalue weighted by atomic mass is 10.1. The van der Waals surface area contributed by atoms with E-state index in [9.17, 15) is 4.39 Å². The molecule has 8 heteroatoms. The molecule has 0 saturated carbocycles. The lowest BCUT2D eigenvalue weighted by Crippen LogP contribution is -2.48. The molecule has 2 aromatic carbocycles. The summed E-state index contributed by atoms with van der Waals surface area (Å²) in [6.07, 6.45) is 0. The highest BCUT2D eigenvalue weighted by Crippen LogP contribution is 2.24. The van der Waals surface area contributed by atoms with Gasteiger partial charge in [-0.3, -0.25) is 9.80 Å². The first-order valence-corrected chi connectivity index (χ1v) is 10.9. The number of piperazine rings is 1. The lowest BCUT2D eigenvalue weighted by Gasteiger charge is -2.36. The molecule has 0 radical (unpaired) electrons. The van der Waals surface area contributed by atoms with Crippen molar-refractivity contribution in [3.8, 4) is 22.9 Å². The molecule has 1 fully saturated rings. The molecular weight excluding hydrogens is 411 g/mol. The molecule has 4 rings (SSSR count). The Morgan fingerprint density at radius 1 is 1.06 bits per heavy atom. The molecule has 3 aromatic rings. The Hall–Kier alpha value is -2.97. The van der Waals surface area contributed by atoms with E-state index in [2.05, 4.69) is 26.9 Å². The molecule has 2 heterocycles. The number of aryl methyl sites for hydroxylation is 1. The third kappa shape index (κ3) is 5.26. The summed E-state index contributed by atoms with van der Waals surface area (Å²) in [4.78, 5) is 9.23. The van der Waals surface area contributed by atoms with Gasteiger partial charge in [0.25, 0.3) is 0 Å². The van der Waals surface area contributed by atoms with E-state index in [4.69, 9.17) is 14.0 Å². The van der Waals surface area contributed by atoms with E-state index in [1.807, 2.05) is 30.3 Å². The summed E-state index contributed by atoms with van der Waals surface area (Å²) in [5, 5.41) is 4.05. The second-order valence-electron chi connectivity index (χ2n) is 8.00. The van der Waals surface area contributed by atoms with Gasteiger partial charge in [-0.2, -0.15) is 4.98 Å². The van der Waals surface area contributed by atoms with Gasteiger partial charge in [-0.25, -0.2) is 4.39 Å². The Bertz CT molecular complexity index is 1020. The number of halogens is 1. The van der Waals surface area contributed by atoms with Crippen molar-refractivity contribution in [2.45, 2.75) is 19.9 Å². The van der Waals surface area contributed by atoms with Gasteiger partial charge in [0.1, 0.15) is 23.9 Å². The van der Waals surface area contributed by atoms with Crippen LogP contribution in [-0.4, -0.2) is 66.4 Å². The minimum absolute atomic E-state index is 0.00393. The van der Waals surface area contributed by atoms with Crippen molar-refractivity contribution >= 4 is 0 Å². The van der Waals surface area contributed by atoms with E-state index in [0.717, 1.165) is 44.2 Å². The van der Waals surface area contributed by atoms with Crippen LogP contribution in [-0.2, 0) is 0 Å². The number of aromatic nitrogens is 2. The highest BCUT2D eigenvalue weighted by Gasteiger charge is 2.26. The number of methoxy groups -OCH3 is 1. The largest absolute Gasteiger partial charge is 0.497 e. The summed E-state index contributed by atoms with van der Waals surface area (Å²) in [6, 6.07) is 12.6. The predicted octanol–water partition coefficient (Wildman–Crippen LogP) is 3.95. The number of ether oxygens (including phenoxy) is 2. The number of benzene rings is 2. The van der Waals surface area contributed by atoms with Gasteiger partial charge in [0.05, 0.1) is 13.2 Å². The fourth-order valence-corrected chi connectivity index (χ4v) is 3.75. The maximum Gasteiger partial charge on any atom is 0.244 e. The Balaban J connectivity index is 1.25. The van der Waals surface area contributed by atoms with Crippen molar-refractivity contribution in [2.75, 3.05) is 46.4 Å². The second-order valence-corrected chi connectivity index (χ2v) is 8.00. The van der Waals surface area contributed by atoms with Crippen LogP contribution in [0.1, 0.15) is 24.4 Å². The van der Waals surface area contributed by atoms with Gasteiger partial charge in [-0.05, 0) is 49.7 Å². The zero-order valence-corrected chi connectivity index (χ0v) is 18.8. The summed E-state index contributed by atoms with van der Waals surface area (Å²) in [5.41, 5.74) is 1.22. The molecule has 1 aliphatic rings. The molecule has 0 spiro atoms. The standard InChI is InChI=1S/C24H29FN4O3/c1-17-4-5-19(16-22(17)25)23-26-24(32-27-23)18(2)29-12-10-28(11-13-29)14-15-31-21-8-6-20(30-3)7-9-21/h4-9,16,18H,10-15H2,1-3H3. The second kappa shape index (κ2) is 10.1. The van der Waals surface area contributed by atoms with Gasteiger partial charge in [-0.1, -0.05) is 17.3 Å². The molecule has 0 aliphatic carbocycles. The minimum atomic E-state index is -0.269. The lowest BCUT2D eigenvalue weighted by molar-refractivity contribution is 0.0800. The molecule has 1 atom stereocenters. The van der Waals surface area contributed by atoms with Gasteiger partial charge in [-0.15, -0.1) is 0 Å². The average Bonchev–Trinajstić information content (AvgIpc) is 3.32. The number of hydrogen-bond acceptors (Lipinski definition) is 7. The first kappa shape index (κ1) is 22.2. The maximum absolute atomic E-state index is 13.9. The minimum Gasteiger partial charge on any atom is -0.497 e. The van der Waals surface area contributed by atoms with Crippen LogP contribution in [0.15, 0.2) is 47.0 Å². The van der Waals surface area contributed by atoms with Crippen molar-refractivity contribution in [2.24, 2.45) is 0 Å². The monoisotopic (exact) mass is 440 g/mol. The summed E-state index contributed by atoms with van der Waals surface area (Å²) in [5.74, 6) is 2.37. The summed E-state index contributed by atoms with van der Waals surface area (Å²) < 4.78 is 30.4. The molecule has 170 valence electrons. The Labute approximate surface area is 187 Å². The molecule has 0 amide bonds. The Morgan fingerprint density at radius 2 is 1.78 bits per heavy atom. The summed E-state index contributed by atoms with van der Waals surface area (Å²) in [6.45, 7) is 9.01. The van der Waals surface area contributed by atoms with Crippen molar-refractivity contribution in [3.05, 3.63) is 59.7 Å². The third-order valence-electron chi connectivity index (χ3n) is 5.92. The van der Waals surface area contributed by atoms with Gasteiger partial charge >= 0.3 is 0 Å². The predicted molar refractivity (Wildman–Crippen MR) is 119 cm³/mol. The first-order valence-electron chi connectivity index (χ1n) is 10.9. The third-order valence-corrected chi connectivity index (χ3v) is 5.92. The van der Waals surface area contributed by atoms with E-state index in [1.165, 1.54) is 6.07 Å². The quantitative estimate of drug-likeness (QED) is 0.526. The average molecular weight is 441 g/mol. The molecule has 0 bridgehead atoms. The van der Waals surface area contributed by atoms with Gasteiger partial charge in [0, 0.05) is 38.3 Å². The first-order chi connectivity index (χ1) is 15.5. The normalized spacial score (nSPS) is 16.1. The zero-order chi connectivity index (χ0) is 22.5. The topological polar surface area (TPSA) is 63.9 Å². The van der Waals surface area contributed by atoms with E-state index in [1.54, 1.807) is 20.1 Å². The Kier molecular flexibility index (Phi) is 7.02. The molecular formula is C24H29FN4O3. The Morgan fingerprint density at radius 3 is 2.47 bits per heavy atom. The van der Waals surface area contributed by atoms with Crippen LogP contribution in [0.25, 0.3) is 11.4 Å². The maximum atomic E-state index is 13.9. The van der Waals surface area contributed by atoms with Crippen LogP contribution in [0.3, 0.4) is 0 Å². The van der Waals surface area contributed by atoms with E-state index in [-0.39, 0.29) is 11.9 Å². The SMILES string of the molecule is COc1ccc(OCCN2CCN(C(C)c3nc(-c4ccc(C)c(F)c4)no3)CC2)cc1. The molecule has 1 unspecified atom stereocenters. The molecule has 0 N–H and O–H groups in total. The molecule has 7 nitrogen and oxygen atoms in total. The number of rotatable bonds is 8. The van der Waals surface area contributed by atoms with Crippen molar-refractivity contribution < 1.29 is 18.4 Å². The van der Waals surface area contributed by atoms with Crippen LogP contribution < -0.4 is 9.47 Å². The van der Waals surface area contributed by atoms with Crippen LogP contribution in [0.4, 0.5) is 4.39 Å². The van der Waals surface area contributed by atoms with E-state index in [0.29, 0.717) is 29.4 Å². The van der Waals surface area contributed by atoms with Gasteiger partial charge in [0.15, 0.2) is 0 Å². The van der Waals surface area contributed by atoms with Gasteiger partial charge < -0.3 is 14.0 Å². The molecule has 1 saturated heterocycles. The molecule has 1 aromatic heterocycles. The van der Waals surface area contributed by atoms with Crippen LogP contribution in [0, 0.1) is 12.7 Å². The fraction of sp³-hybridized carbons (Fsp3) is 0.417. The van der Waals surface area contributed by atoms with E-state index >= 15 is 0 Å². The highest BCUT2D eigenvalue weighted by molar-refractivity contribution is 5.55. The fourth-order valence-electron chi connectivity index (χ4n) is 3.75. The van der Waals surface area contributed by atoms with Crippen molar-refractivity contribution in [3.63, 3.8) is 0 Å². The van der Waals surface area contributed by atoms with Crippen molar-refractivity contribution in [1.29, 1.82) is 0 Å². The number of nitrogens with zero attached hydrogens (tertiary/aromatic N) is 4. The zero-order valence-electron chi connectivity index (χ0n) is 18.8. The molecule has 1 aliphatic heterocycles. The van der Waals surface area contributed by atoms with Crippen molar-refractivity contribution in [1.82, 2.24) is 19.9 Å². The van der Waals surface area contributed by atoms with Crippen LogP contribution in [0.5, 0.6) is 11.5 Å². The van der Waals surface area contributed by atoms with E-state index < -0.39 is 0 Å². The summed E-state index contributed by atoms with van der Waals surface area (Å²) >= 11 is 0. The smallest absolute Gasteiger partial charge is 0.244 e. The number of hydrogen-bond donors (Lipinski definition) is 0. The van der Waals surface area contributed by atoms with Gasteiger partial charge in [0.2, 0.25) is 11.7 Å². The van der Waals surface area contributed by atoms with Crippen LogP contribution >= 0.6 is 0 Å². The highest BCUT2D eigenvalue weighted by atomic mass is 19.1. The van der Waals surface area contributed by atoms with Crippen LogP contribution in [0.2, 0.25) is 0 Å². The summed E-state index contributed by atoms with van der Waals surface area (Å²) in [7, 11) is 1.65.